The smallest absolute Gasteiger partial charge is 0.352 e. The Labute approximate surface area is 167 Å². The second-order valence-corrected chi connectivity index (χ2v) is 6.27. The van der Waals surface area contributed by atoms with Crippen LogP contribution in [0.2, 0.25) is 0 Å². The van der Waals surface area contributed by atoms with E-state index >= 15 is 0 Å². The van der Waals surface area contributed by atoms with Gasteiger partial charge < -0.3 is 21.3 Å². The van der Waals surface area contributed by atoms with Crippen LogP contribution in [0.4, 0.5) is 23.7 Å². The zero-order valence-corrected chi connectivity index (χ0v) is 16.2. The number of urea groups is 1. The fourth-order valence-corrected chi connectivity index (χ4v) is 2.75. The summed E-state index contributed by atoms with van der Waals surface area (Å²) in [5.41, 5.74) is 0.540. The largest absolute Gasteiger partial charge is 0.405 e. The van der Waals surface area contributed by atoms with Crippen molar-refractivity contribution >= 4 is 30.0 Å². The van der Waals surface area contributed by atoms with Crippen molar-refractivity contribution in [1.82, 2.24) is 20.9 Å². The van der Waals surface area contributed by atoms with Crippen molar-refractivity contribution in [3.8, 4) is 0 Å². The van der Waals surface area contributed by atoms with Crippen LogP contribution in [0.3, 0.4) is 0 Å². The number of rotatable bonds is 6. The van der Waals surface area contributed by atoms with Crippen LogP contribution in [0.1, 0.15) is 6.92 Å². The Kier molecular flexibility index (Phi) is 9.50. The number of alkyl halides is 3. The Morgan fingerprint density at radius 2 is 1.79 bits per heavy atom. The summed E-state index contributed by atoms with van der Waals surface area (Å²) in [5.74, 6) is -0.678. The first-order valence-corrected chi connectivity index (χ1v) is 8.69. The van der Waals surface area contributed by atoms with Crippen LogP contribution in [-0.2, 0) is 4.79 Å². The molecule has 1 aromatic carbocycles. The Morgan fingerprint density at radius 3 is 2.36 bits per heavy atom. The van der Waals surface area contributed by atoms with E-state index in [4.69, 9.17) is 0 Å². The number of piperazine rings is 1. The predicted molar refractivity (Wildman–Crippen MR) is 103 cm³/mol. The number of nitrogens with one attached hydrogen (secondary N) is 4. The minimum absolute atomic E-state index is 0. The summed E-state index contributed by atoms with van der Waals surface area (Å²) in [6.07, 6.45) is -4.45. The number of hydrogen-bond acceptors (Lipinski definition) is 4. The maximum atomic E-state index is 13.3. The van der Waals surface area contributed by atoms with Gasteiger partial charge in [0.25, 0.3) is 0 Å². The Bertz CT molecular complexity index is 627. The highest BCUT2D eigenvalue weighted by atomic mass is 35.5. The molecule has 0 aromatic heterocycles. The molecule has 7 nitrogen and oxygen atoms in total. The van der Waals surface area contributed by atoms with E-state index < -0.39 is 36.7 Å². The molecule has 1 aliphatic rings. The molecule has 0 aliphatic carbocycles. The summed E-state index contributed by atoms with van der Waals surface area (Å²) in [5, 5.41) is 10.2. The minimum Gasteiger partial charge on any atom is -0.352 e. The van der Waals surface area contributed by atoms with Crippen LogP contribution in [0.5, 0.6) is 0 Å². The fraction of sp³-hybridized carbons (Fsp3) is 0.529. The Morgan fingerprint density at radius 1 is 1.18 bits per heavy atom. The van der Waals surface area contributed by atoms with Crippen molar-refractivity contribution in [2.45, 2.75) is 25.2 Å². The molecule has 2 atom stereocenters. The molecule has 0 saturated carbocycles. The van der Waals surface area contributed by atoms with Gasteiger partial charge in [-0.25, -0.2) is 4.79 Å². The average Bonchev–Trinajstić information content (AvgIpc) is 2.62. The highest BCUT2D eigenvalue weighted by Gasteiger charge is 2.43. The van der Waals surface area contributed by atoms with Gasteiger partial charge >= 0.3 is 12.2 Å². The van der Waals surface area contributed by atoms with Gasteiger partial charge in [-0.15, -0.1) is 12.4 Å². The fourth-order valence-electron chi connectivity index (χ4n) is 2.75. The van der Waals surface area contributed by atoms with Gasteiger partial charge in [-0.2, -0.15) is 13.2 Å². The molecule has 1 heterocycles. The summed E-state index contributed by atoms with van der Waals surface area (Å²) < 4.78 is 39.9. The Hall–Kier alpha value is -2.04. The summed E-state index contributed by atoms with van der Waals surface area (Å²) in [4.78, 5) is 25.3. The minimum atomic E-state index is -4.45. The van der Waals surface area contributed by atoms with E-state index in [9.17, 15) is 22.8 Å². The van der Waals surface area contributed by atoms with Crippen molar-refractivity contribution in [3.05, 3.63) is 30.3 Å². The summed E-state index contributed by atoms with van der Waals surface area (Å²) in [6.45, 7) is 2.30. The van der Waals surface area contributed by atoms with Crippen molar-refractivity contribution < 1.29 is 22.8 Å². The molecule has 3 amide bonds. The van der Waals surface area contributed by atoms with E-state index in [2.05, 4.69) is 21.3 Å². The zero-order chi connectivity index (χ0) is 19.9. The number of hydrogen-bond donors (Lipinski definition) is 4. The molecule has 0 radical (unpaired) electrons. The third-order valence-electron chi connectivity index (χ3n) is 4.21. The van der Waals surface area contributed by atoms with Gasteiger partial charge in [0, 0.05) is 38.4 Å². The molecule has 4 N–H and O–H groups in total. The van der Waals surface area contributed by atoms with Crippen LogP contribution in [0.15, 0.2) is 30.3 Å². The van der Waals surface area contributed by atoms with Crippen LogP contribution >= 0.6 is 12.4 Å². The molecular weight excluding hydrogens is 399 g/mol. The second kappa shape index (κ2) is 11.1. The molecule has 11 heteroatoms. The van der Waals surface area contributed by atoms with Crippen LogP contribution in [0, 0.1) is 0 Å². The van der Waals surface area contributed by atoms with Gasteiger partial charge in [-0.05, 0) is 19.1 Å². The number of carbonyl (C=O) groups is 2. The number of benzene rings is 1. The molecule has 2 unspecified atom stereocenters. The summed E-state index contributed by atoms with van der Waals surface area (Å²) in [6, 6.07) is 5.25. The van der Waals surface area contributed by atoms with E-state index in [0.717, 1.165) is 0 Å². The third-order valence-corrected chi connectivity index (χ3v) is 4.21. The van der Waals surface area contributed by atoms with Crippen LogP contribution in [-0.4, -0.2) is 67.8 Å². The standard InChI is InChI=1S/C17H24F3N5O2.ClH/c1-12(23-16(27)24-13-5-3-2-4-6-13)15(26)22-11-14(17(18,19)20)25-9-7-21-8-10-25;/h2-6,12,14,21H,7-11H2,1H3,(H,22,26)(H2,23,24,27);1H. The van der Waals surface area contributed by atoms with Gasteiger partial charge in [0.15, 0.2) is 0 Å². The first-order chi connectivity index (χ1) is 12.8. The number of amides is 3. The quantitative estimate of drug-likeness (QED) is 0.559. The molecule has 1 fully saturated rings. The lowest BCUT2D eigenvalue weighted by Gasteiger charge is -2.36. The maximum absolute atomic E-state index is 13.3. The molecule has 28 heavy (non-hydrogen) atoms. The van der Waals surface area contributed by atoms with Gasteiger partial charge in [0.2, 0.25) is 5.91 Å². The van der Waals surface area contributed by atoms with E-state index in [1.54, 1.807) is 30.3 Å². The van der Waals surface area contributed by atoms with Gasteiger partial charge in [-0.3, -0.25) is 9.69 Å². The zero-order valence-electron chi connectivity index (χ0n) is 15.4. The molecule has 1 saturated heterocycles. The normalized spacial score (nSPS) is 17.0. The first kappa shape index (κ1) is 24.0. The Balaban J connectivity index is 0.00000392. The lowest BCUT2D eigenvalue weighted by Crippen LogP contribution is -2.58. The van der Waals surface area contributed by atoms with Crippen molar-refractivity contribution in [2.75, 3.05) is 38.0 Å². The van der Waals surface area contributed by atoms with E-state index in [1.165, 1.54) is 11.8 Å². The molecule has 2 rings (SSSR count). The van der Waals surface area contributed by atoms with E-state index in [1.807, 2.05) is 0 Å². The lowest BCUT2D eigenvalue weighted by atomic mass is 10.2. The maximum Gasteiger partial charge on any atom is 0.405 e. The molecule has 0 bridgehead atoms. The van der Waals surface area contributed by atoms with Crippen LogP contribution in [0.25, 0.3) is 0 Å². The number of nitrogens with zero attached hydrogens (tertiary/aromatic N) is 1. The lowest BCUT2D eigenvalue weighted by molar-refractivity contribution is -0.184. The molecular formula is C17H25ClF3N5O2. The predicted octanol–water partition coefficient (Wildman–Crippen LogP) is 1.57. The monoisotopic (exact) mass is 423 g/mol. The van der Waals surface area contributed by atoms with Gasteiger partial charge in [0.05, 0.1) is 0 Å². The van der Waals surface area contributed by atoms with E-state index in [-0.39, 0.29) is 25.5 Å². The topological polar surface area (TPSA) is 85.5 Å². The van der Waals surface area contributed by atoms with Gasteiger partial charge in [-0.1, -0.05) is 18.2 Å². The number of carbonyl (C=O) groups excluding carboxylic acids is 2. The molecule has 1 aromatic rings. The number of halogens is 4. The molecule has 1 aliphatic heterocycles. The number of para-hydroxylation sites is 1. The SMILES string of the molecule is CC(NC(=O)Nc1ccccc1)C(=O)NCC(N1CCNCC1)C(F)(F)F.Cl. The molecule has 0 spiro atoms. The number of anilines is 1. The van der Waals surface area contributed by atoms with Crippen molar-refractivity contribution in [3.63, 3.8) is 0 Å². The summed E-state index contributed by atoms with van der Waals surface area (Å²) >= 11 is 0. The highest BCUT2D eigenvalue weighted by Crippen LogP contribution is 2.24. The highest BCUT2D eigenvalue weighted by molar-refractivity contribution is 5.93. The first-order valence-electron chi connectivity index (χ1n) is 8.69. The van der Waals surface area contributed by atoms with Gasteiger partial charge in [0.1, 0.15) is 12.1 Å². The average molecular weight is 424 g/mol. The van der Waals surface area contributed by atoms with Crippen molar-refractivity contribution in [2.24, 2.45) is 0 Å². The van der Waals surface area contributed by atoms with E-state index in [0.29, 0.717) is 18.8 Å². The van der Waals surface area contributed by atoms with Crippen LogP contribution < -0.4 is 21.3 Å². The summed E-state index contributed by atoms with van der Waals surface area (Å²) in [7, 11) is 0. The molecule has 158 valence electrons. The van der Waals surface area contributed by atoms with Crippen molar-refractivity contribution in [1.29, 1.82) is 0 Å². The second-order valence-electron chi connectivity index (χ2n) is 6.27. The third kappa shape index (κ3) is 7.53.